The smallest absolute Gasteiger partial charge is 0.327 e. The Kier molecular flexibility index (Phi) is 9.48. The van der Waals surface area contributed by atoms with Crippen LogP contribution in [0.1, 0.15) is 27.4 Å². The number of urea groups is 1. The van der Waals surface area contributed by atoms with E-state index in [4.69, 9.17) is 34.8 Å². The second kappa shape index (κ2) is 12.1. The van der Waals surface area contributed by atoms with Gasteiger partial charge in [0.2, 0.25) is 0 Å². The molecule has 0 aliphatic carbocycles. The largest absolute Gasteiger partial charge is 0.405 e. The average Bonchev–Trinajstić information content (AvgIpc) is 2.86. The lowest BCUT2D eigenvalue weighted by Crippen LogP contribution is -2.50. The first-order valence-electron chi connectivity index (χ1n) is 11.0. The van der Waals surface area contributed by atoms with Gasteiger partial charge < -0.3 is 5.32 Å². The molecule has 0 saturated carbocycles. The zero-order chi connectivity index (χ0) is 30.0. The number of halogens is 10. The van der Waals surface area contributed by atoms with Crippen LogP contribution >= 0.6 is 34.8 Å². The molecule has 0 aliphatic rings. The maximum absolute atomic E-state index is 15.5. The van der Waals surface area contributed by atoms with Crippen molar-refractivity contribution in [1.82, 2.24) is 15.8 Å². The zero-order valence-corrected chi connectivity index (χ0v) is 22.3. The van der Waals surface area contributed by atoms with Crippen LogP contribution < -0.4 is 10.7 Å². The fraction of sp³-hybridized carbons (Fsp3) is 0.200. The van der Waals surface area contributed by atoms with E-state index in [0.717, 1.165) is 31.3 Å². The van der Waals surface area contributed by atoms with Gasteiger partial charge in [-0.3, -0.25) is 10.2 Å². The van der Waals surface area contributed by atoms with Gasteiger partial charge in [-0.25, -0.2) is 14.2 Å². The van der Waals surface area contributed by atoms with E-state index in [-0.39, 0.29) is 37.0 Å². The van der Waals surface area contributed by atoms with Crippen molar-refractivity contribution in [3.05, 3.63) is 86.4 Å². The molecule has 0 saturated heterocycles. The van der Waals surface area contributed by atoms with Crippen molar-refractivity contribution < 1.29 is 40.3 Å². The number of allylic oxidation sites excluding steroid dienone is 1. The highest BCUT2D eigenvalue weighted by Crippen LogP contribution is 2.42. The lowest BCUT2D eigenvalue weighted by Gasteiger charge is -2.20. The zero-order valence-electron chi connectivity index (χ0n) is 20.0. The highest BCUT2D eigenvalue weighted by molar-refractivity contribution is 6.48. The Labute approximate surface area is 237 Å². The van der Waals surface area contributed by atoms with Crippen LogP contribution in [0.5, 0.6) is 0 Å². The number of carbonyl (C=O) groups excluding carboxylic acids is 2. The molecule has 0 aliphatic heterocycles. The fourth-order valence-corrected chi connectivity index (χ4v) is 4.25. The number of hydrogen-bond acceptors (Lipinski definition) is 2. The molecule has 0 spiro atoms. The highest BCUT2D eigenvalue weighted by Gasteiger charge is 2.40. The van der Waals surface area contributed by atoms with Crippen LogP contribution in [0.2, 0.25) is 15.1 Å². The van der Waals surface area contributed by atoms with Crippen molar-refractivity contribution in [2.45, 2.75) is 18.3 Å². The molecule has 0 fully saturated rings. The molecule has 15 heteroatoms. The number of nitrogens with zero attached hydrogens (tertiary/aromatic N) is 1. The molecule has 3 amide bonds. The standard InChI is InChI=1S/C25H17Cl3F7N3O2/c1-38(23(40)36-11-24(30,31)32)37-22(39)16-7-6-15(13-4-2-3-5-14(13)16)20(29)10-17(25(33,34)35)12-8-18(26)21(28)19(27)9-12/h2-10,17H,11H2,1H3,(H,36,40)(H,37,39). The monoisotopic (exact) mass is 629 g/mol. The number of fused-ring (bicyclic) bond motifs is 1. The van der Waals surface area contributed by atoms with Gasteiger partial charge in [0, 0.05) is 18.2 Å². The van der Waals surface area contributed by atoms with Gasteiger partial charge in [-0.2, -0.15) is 26.3 Å². The van der Waals surface area contributed by atoms with E-state index in [0.29, 0.717) is 11.1 Å². The normalized spacial score (nSPS) is 13.2. The summed E-state index contributed by atoms with van der Waals surface area (Å²) >= 11 is 17.6. The van der Waals surface area contributed by atoms with Crippen molar-refractivity contribution in [3.63, 3.8) is 0 Å². The summed E-state index contributed by atoms with van der Waals surface area (Å²) in [5.41, 5.74) is 1.20. The molecule has 3 rings (SSSR count). The van der Waals surface area contributed by atoms with E-state index < -0.39 is 48.1 Å². The topological polar surface area (TPSA) is 61.4 Å². The first-order chi connectivity index (χ1) is 18.5. The second-order valence-corrected chi connectivity index (χ2v) is 9.50. The predicted molar refractivity (Wildman–Crippen MR) is 138 cm³/mol. The number of rotatable bonds is 5. The number of alkyl halides is 6. The number of carbonyl (C=O) groups is 2. The minimum Gasteiger partial charge on any atom is -0.327 e. The molecule has 0 bridgehead atoms. The van der Waals surface area contributed by atoms with Gasteiger partial charge in [-0.05, 0) is 40.6 Å². The summed E-state index contributed by atoms with van der Waals surface area (Å²) in [6, 6.07) is 8.40. The number of amides is 3. The van der Waals surface area contributed by atoms with Crippen molar-refractivity contribution >= 4 is 63.3 Å². The van der Waals surface area contributed by atoms with Crippen molar-refractivity contribution in [3.8, 4) is 0 Å². The van der Waals surface area contributed by atoms with Gasteiger partial charge in [-0.1, -0.05) is 65.1 Å². The number of nitrogens with one attached hydrogen (secondary N) is 2. The fourth-order valence-electron chi connectivity index (χ4n) is 3.63. The summed E-state index contributed by atoms with van der Waals surface area (Å²) in [5.74, 6) is -4.70. The number of hydrogen-bond donors (Lipinski definition) is 2. The van der Waals surface area contributed by atoms with Crippen molar-refractivity contribution in [1.29, 1.82) is 0 Å². The molecule has 3 aromatic rings. The average molecular weight is 631 g/mol. The van der Waals surface area contributed by atoms with Gasteiger partial charge in [-0.15, -0.1) is 0 Å². The van der Waals surface area contributed by atoms with E-state index in [9.17, 15) is 35.9 Å². The lowest BCUT2D eigenvalue weighted by atomic mass is 9.94. The van der Waals surface area contributed by atoms with Gasteiger partial charge in [0.05, 0.1) is 15.1 Å². The molecular weight excluding hydrogens is 614 g/mol. The lowest BCUT2D eigenvalue weighted by molar-refractivity contribution is -0.139. The molecule has 2 N–H and O–H groups in total. The van der Waals surface area contributed by atoms with Crippen LogP contribution in [0.4, 0.5) is 35.5 Å². The molecule has 0 radical (unpaired) electrons. The van der Waals surface area contributed by atoms with Crippen molar-refractivity contribution in [2.24, 2.45) is 0 Å². The Morgan fingerprint density at radius 2 is 1.45 bits per heavy atom. The molecule has 3 aromatic carbocycles. The first-order valence-corrected chi connectivity index (χ1v) is 12.1. The third-order valence-corrected chi connectivity index (χ3v) is 6.67. The van der Waals surface area contributed by atoms with Crippen LogP contribution in [0.3, 0.4) is 0 Å². The Morgan fingerprint density at radius 3 is 1.98 bits per heavy atom. The summed E-state index contributed by atoms with van der Waals surface area (Å²) in [7, 11) is 0.995. The molecule has 214 valence electrons. The van der Waals surface area contributed by atoms with Crippen LogP contribution in [0, 0.1) is 0 Å². The third-order valence-electron chi connectivity index (χ3n) is 5.47. The van der Waals surface area contributed by atoms with Crippen LogP contribution in [-0.2, 0) is 0 Å². The molecular formula is C25H17Cl3F7N3O2. The molecule has 5 nitrogen and oxygen atoms in total. The number of hydrazine groups is 1. The molecule has 1 atom stereocenters. The van der Waals surface area contributed by atoms with E-state index in [1.54, 1.807) is 5.32 Å². The second-order valence-electron chi connectivity index (χ2n) is 8.31. The van der Waals surface area contributed by atoms with Crippen LogP contribution in [0.15, 0.2) is 54.6 Å². The van der Waals surface area contributed by atoms with Crippen LogP contribution in [0.25, 0.3) is 16.6 Å². The number of benzene rings is 3. The Bertz CT molecular complexity index is 1450. The third kappa shape index (κ3) is 7.49. The Morgan fingerprint density at radius 1 is 0.925 bits per heavy atom. The van der Waals surface area contributed by atoms with Gasteiger partial charge in [0.1, 0.15) is 18.3 Å². The van der Waals surface area contributed by atoms with Gasteiger partial charge in [0.25, 0.3) is 5.91 Å². The molecule has 1 unspecified atom stereocenters. The maximum atomic E-state index is 15.5. The van der Waals surface area contributed by atoms with E-state index in [1.165, 1.54) is 24.3 Å². The van der Waals surface area contributed by atoms with Gasteiger partial charge in [0.15, 0.2) is 0 Å². The first kappa shape index (κ1) is 31.3. The molecule has 0 heterocycles. The highest BCUT2D eigenvalue weighted by atomic mass is 35.5. The van der Waals surface area contributed by atoms with E-state index in [1.807, 2.05) is 0 Å². The summed E-state index contributed by atoms with van der Waals surface area (Å²) in [6.45, 7) is -1.64. The quantitative estimate of drug-likeness (QED) is 0.169. The minimum atomic E-state index is -4.95. The predicted octanol–water partition coefficient (Wildman–Crippen LogP) is 8.31. The Hall–Kier alpha value is -3.22. The molecule has 40 heavy (non-hydrogen) atoms. The van der Waals surface area contributed by atoms with Crippen molar-refractivity contribution in [2.75, 3.05) is 13.6 Å². The van der Waals surface area contributed by atoms with Crippen LogP contribution in [-0.4, -0.2) is 42.9 Å². The summed E-state index contributed by atoms with van der Waals surface area (Å²) in [4.78, 5) is 24.6. The maximum Gasteiger partial charge on any atom is 0.405 e. The van der Waals surface area contributed by atoms with E-state index >= 15 is 4.39 Å². The summed E-state index contributed by atoms with van der Waals surface area (Å²) < 4.78 is 94.3. The van der Waals surface area contributed by atoms with Gasteiger partial charge >= 0.3 is 18.4 Å². The molecule has 0 aromatic heterocycles. The van der Waals surface area contributed by atoms with E-state index in [2.05, 4.69) is 5.43 Å². The minimum absolute atomic E-state index is 0.0428. The summed E-state index contributed by atoms with van der Waals surface area (Å²) in [6.07, 6.45) is -9.30. The SMILES string of the molecule is CN(NC(=O)c1ccc(C(F)=CC(c2cc(Cl)c(Cl)c(Cl)c2)C(F)(F)F)c2ccccc12)C(=O)NCC(F)(F)F. The Balaban J connectivity index is 1.98. The summed E-state index contributed by atoms with van der Waals surface area (Å²) in [5, 5.41) is 1.50.